The number of halogens is 2. The van der Waals surface area contributed by atoms with Gasteiger partial charge in [-0.2, -0.15) is 0 Å². The van der Waals surface area contributed by atoms with Crippen LogP contribution in [0.3, 0.4) is 0 Å². The quantitative estimate of drug-likeness (QED) is 0.662. The molecule has 1 unspecified atom stereocenters. The number of aryl methyl sites for hydroxylation is 1. The van der Waals surface area contributed by atoms with Crippen LogP contribution in [0.15, 0.2) is 12.1 Å². The maximum absolute atomic E-state index is 14.3. The number of hydrogen-bond donors (Lipinski definition) is 0. The van der Waals surface area contributed by atoms with Gasteiger partial charge < -0.3 is 4.74 Å². The normalized spacial score (nSPS) is 31.0. The van der Waals surface area contributed by atoms with Crippen molar-refractivity contribution < 1.29 is 13.9 Å². The first kappa shape index (κ1) is 17.9. The summed E-state index contributed by atoms with van der Waals surface area (Å²) >= 11 is 5.96. The zero-order chi connectivity index (χ0) is 17.3. The van der Waals surface area contributed by atoms with Crippen molar-refractivity contribution in [3.05, 3.63) is 34.1 Å². The molecule has 24 heavy (non-hydrogen) atoms. The van der Waals surface area contributed by atoms with Gasteiger partial charge in [0.1, 0.15) is 0 Å². The highest BCUT2D eigenvalue weighted by Crippen LogP contribution is 2.37. The fourth-order valence-corrected chi connectivity index (χ4v) is 4.25. The zero-order valence-corrected chi connectivity index (χ0v) is 15.2. The molecule has 1 aromatic carbocycles. The Labute approximate surface area is 148 Å². The predicted octanol–water partition coefficient (Wildman–Crippen LogP) is 5.59. The Kier molecular flexibility index (Phi) is 5.61. The molecule has 2 fully saturated rings. The van der Waals surface area contributed by atoms with Gasteiger partial charge in [0.2, 0.25) is 0 Å². The van der Waals surface area contributed by atoms with Crippen LogP contribution in [0.1, 0.15) is 61.4 Å². The first-order valence-corrected chi connectivity index (χ1v) is 9.45. The Hall–Kier alpha value is -0.930. The molecular weight excluding hydrogens is 327 g/mol. The summed E-state index contributed by atoms with van der Waals surface area (Å²) in [6.45, 7) is 4.83. The third kappa shape index (κ3) is 3.67. The van der Waals surface area contributed by atoms with Crippen LogP contribution in [0.25, 0.3) is 0 Å². The van der Waals surface area contributed by atoms with Gasteiger partial charge in [-0.15, -0.1) is 0 Å². The molecule has 0 bridgehead atoms. The van der Waals surface area contributed by atoms with Crippen LogP contribution in [-0.4, -0.2) is 18.5 Å². The molecule has 1 saturated carbocycles. The highest BCUT2D eigenvalue weighted by molar-refractivity contribution is 6.31. The van der Waals surface area contributed by atoms with Crippen LogP contribution in [-0.2, 0) is 4.74 Å². The summed E-state index contributed by atoms with van der Waals surface area (Å²) in [7, 11) is 0. The number of ether oxygens (including phenoxy) is 1. The van der Waals surface area contributed by atoms with E-state index in [0.717, 1.165) is 38.7 Å². The van der Waals surface area contributed by atoms with Crippen molar-refractivity contribution in [3.63, 3.8) is 0 Å². The van der Waals surface area contributed by atoms with Gasteiger partial charge >= 0.3 is 0 Å². The van der Waals surface area contributed by atoms with E-state index >= 15 is 0 Å². The molecule has 132 valence electrons. The summed E-state index contributed by atoms with van der Waals surface area (Å²) in [6.07, 6.45) is 6.35. The average Bonchev–Trinajstić information content (AvgIpc) is 2.60. The lowest BCUT2D eigenvalue weighted by molar-refractivity contribution is -0.0535. The Balaban J connectivity index is 1.60. The second-order valence-electron chi connectivity index (χ2n) is 7.59. The average molecular weight is 353 g/mol. The van der Waals surface area contributed by atoms with Crippen LogP contribution in [0.5, 0.6) is 0 Å². The van der Waals surface area contributed by atoms with E-state index in [4.69, 9.17) is 16.3 Å². The van der Waals surface area contributed by atoms with Crippen LogP contribution in [0, 0.1) is 30.5 Å². The standard InChI is InChI=1S/C20H26ClFO2/c1-12-3-10-17(24-11-12)14-5-7-15(8-6-14)20(23)16-9-4-13(2)18(21)19(16)22/h4,9,12,14-15,17H,3,5-8,10-11H2,1-2H3/t12?,14?,15?,17-/m0/s1. The third-order valence-electron chi connectivity index (χ3n) is 5.75. The summed E-state index contributed by atoms with van der Waals surface area (Å²) in [5.41, 5.74) is 0.815. The number of carbonyl (C=O) groups is 1. The van der Waals surface area contributed by atoms with Crippen molar-refractivity contribution in [2.75, 3.05) is 6.61 Å². The highest BCUT2D eigenvalue weighted by Gasteiger charge is 2.34. The van der Waals surface area contributed by atoms with Gasteiger partial charge in [0.25, 0.3) is 0 Å². The largest absolute Gasteiger partial charge is 0.378 e. The summed E-state index contributed by atoms with van der Waals surface area (Å²) < 4.78 is 20.3. The van der Waals surface area contributed by atoms with E-state index < -0.39 is 5.82 Å². The minimum atomic E-state index is -0.562. The predicted molar refractivity (Wildman–Crippen MR) is 94.1 cm³/mol. The molecule has 0 N–H and O–H groups in total. The molecule has 1 aliphatic heterocycles. The monoisotopic (exact) mass is 352 g/mol. The number of Topliss-reactive ketones (excluding diaryl/α,β-unsaturated/α-hetero) is 1. The molecule has 0 radical (unpaired) electrons. The summed E-state index contributed by atoms with van der Waals surface area (Å²) in [4.78, 5) is 12.7. The fourth-order valence-electron chi connectivity index (χ4n) is 4.08. The Morgan fingerprint density at radius 2 is 1.88 bits per heavy atom. The van der Waals surface area contributed by atoms with E-state index in [0.29, 0.717) is 23.5 Å². The van der Waals surface area contributed by atoms with Crippen molar-refractivity contribution in [1.82, 2.24) is 0 Å². The summed E-state index contributed by atoms with van der Waals surface area (Å²) in [6, 6.07) is 3.30. The maximum atomic E-state index is 14.3. The van der Waals surface area contributed by atoms with E-state index in [-0.39, 0.29) is 22.3 Å². The van der Waals surface area contributed by atoms with Crippen LogP contribution >= 0.6 is 11.6 Å². The lowest BCUT2D eigenvalue weighted by atomic mass is 9.75. The topological polar surface area (TPSA) is 26.3 Å². The van der Waals surface area contributed by atoms with E-state index in [1.807, 2.05) is 0 Å². The number of ketones is 1. The van der Waals surface area contributed by atoms with Gasteiger partial charge in [0.15, 0.2) is 11.6 Å². The minimum absolute atomic E-state index is 0.0688. The lowest BCUT2D eigenvalue weighted by Crippen LogP contribution is -2.34. The minimum Gasteiger partial charge on any atom is -0.378 e. The molecule has 1 aromatic rings. The summed E-state index contributed by atoms with van der Waals surface area (Å²) in [5.74, 6) is 0.470. The van der Waals surface area contributed by atoms with E-state index in [1.165, 1.54) is 6.42 Å². The zero-order valence-electron chi connectivity index (χ0n) is 14.5. The molecule has 0 aromatic heterocycles. The van der Waals surface area contributed by atoms with Crippen LogP contribution < -0.4 is 0 Å². The van der Waals surface area contributed by atoms with Crippen LogP contribution in [0.2, 0.25) is 5.02 Å². The number of hydrogen-bond acceptors (Lipinski definition) is 2. The van der Waals surface area contributed by atoms with Crippen molar-refractivity contribution in [1.29, 1.82) is 0 Å². The molecule has 3 rings (SSSR count). The SMILES string of the molecule is Cc1ccc(C(=O)C2CCC([C@@H]3CCC(C)CO3)CC2)c(F)c1Cl. The molecule has 4 heteroatoms. The smallest absolute Gasteiger partial charge is 0.168 e. The van der Waals surface area contributed by atoms with Gasteiger partial charge in [-0.1, -0.05) is 24.6 Å². The summed E-state index contributed by atoms with van der Waals surface area (Å²) in [5, 5.41) is 0.0688. The van der Waals surface area contributed by atoms with Crippen molar-refractivity contribution in [3.8, 4) is 0 Å². The molecule has 2 aliphatic rings. The van der Waals surface area contributed by atoms with E-state index in [2.05, 4.69) is 6.92 Å². The van der Waals surface area contributed by atoms with E-state index in [9.17, 15) is 9.18 Å². The van der Waals surface area contributed by atoms with Crippen molar-refractivity contribution in [2.24, 2.45) is 17.8 Å². The second kappa shape index (κ2) is 7.53. The maximum Gasteiger partial charge on any atom is 0.168 e. The highest BCUT2D eigenvalue weighted by atomic mass is 35.5. The van der Waals surface area contributed by atoms with Gasteiger partial charge in [0.05, 0.1) is 16.7 Å². The van der Waals surface area contributed by atoms with Crippen molar-refractivity contribution in [2.45, 2.75) is 58.5 Å². The second-order valence-corrected chi connectivity index (χ2v) is 7.97. The molecule has 1 saturated heterocycles. The van der Waals surface area contributed by atoms with E-state index in [1.54, 1.807) is 19.1 Å². The number of rotatable bonds is 3. The lowest BCUT2D eigenvalue weighted by Gasteiger charge is -2.36. The van der Waals surface area contributed by atoms with Gasteiger partial charge in [-0.3, -0.25) is 4.79 Å². The molecular formula is C20H26ClFO2. The molecule has 0 amide bonds. The molecule has 1 heterocycles. The Morgan fingerprint density at radius 1 is 1.17 bits per heavy atom. The Morgan fingerprint density at radius 3 is 2.50 bits per heavy atom. The number of carbonyl (C=O) groups excluding carboxylic acids is 1. The van der Waals surface area contributed by atoms with Gasteiger partial charge in [0, 0.05) is 12.5 Å². The fraction of sp³-hybridized carbons (Fsp3) is 0.650. The molecule has 2 atom stereocenters. The number of benzene rings is 1. The van der Waals surface area contributed by atoms with Crippen LogP contribution in [0.4, 0.5) is 4.39 Å². The molecule has 1 aliphatic carbocycles. The Bertz CT molecular complexity index is 600. The molecule has 2 nitrogen and oxygen atoms in total. The molecule has 0 spiro atoms. The van der Waals surface area contributed by atoms with Crippen molar-refractivity contribution >= 4 is 17.4 Å². The third-order valence-corrected chi connectivity index (χ3v) is 6.21. The first-order valence-electron chi connectivity index (χ1n) is 9.07. The first-order chi connectivity index (χ1) is 11.5. The van der Waals surface area contributed by atoms with Gasteiger partial charge in [-0.05, 0) is 68.9 Å². The van der Waals surface area contributed by atoms with Gasteiger partial charge in [-0.25, -0.2) is 4.39 Å².